The molecule has 2 saturated heterocycles. The standard InChI is InChI=1S/C19H26N2O4/c1-4-24-17-8-6-5-7-16(17)21-11-15(9-18(21)22)19(23)20-10-14(3)25-12-13(20)2/h5-8,13-15H,4,9-12H2,1-3H3. The highest BCUT2D eigenvalue weighted by molar-refractivity contribution is 6.01. The van der Waals surface area contributed by atoms with Gasteiger partial charge in [-0.15, -0.1) is 0 Å². The number of para-hydroxylation sites is 2. The first-order valence-corrected chi connectivity index (χ1v) is 8.95. The monoisotopic (exact) mass is 346 g/mol. The molecule has 0 aliphatic carbocycles. The molecule has 3 unspecified atom stereocenters. The highest BCUT2D eigenvalue weighted by atomic mass is 16.5. The van der Waals surface area contributed by atoms with Crippen LogP contribution in [0.4, 0.5) is 5.69 Å². The van der Waals surface area contributed by atoms with Gasteiger partial charge in [0.1, 0.15) is 5.75 Å². The van der Waals surface area contributed by atoms with Crippen molar-refractivity contribution in [3.05, 3.63) is 24.3 Å². The molecule has 25 heavy (non-hydrogen) atoms. The average Bonchev–Trinajstić information content (AvgIpc) is 2.99. The molecule has 3 atom stereocenters. The summed E-state index contributed by atoms with van der Waals surface area (Å²) in [6, 6.07) is 7.53. The largest absolute Gasteiger partial charge is 0.492 e. The van der Waals surface area contributed by atoms with Crippen LogP contribution < -0.4 is 9.64 Å². The van der Waals surface area contributed by atoms with Crippen LogP contribution in [0, 0.1) is 5.92 Å². The van der Waals surface area contributed by atoms with Gasteiger partial charge in [0.25, 0.3) is 0 Å². The Morgan fingerprint density at radius 2 is 2.04 bits per heavy atom. The molecule has 3 rings (SSSR count). The van der Waals surface area contributed by atoms with Crippen LogP contribution in [0.5, 0.6) is 5.75 Å². The van der Waals surface area contributed by atoms with Gasteiger partial charge in [-0.25, -0.2) is 0 Å². The Balaban J connectivity index is 1.75. The number of hydrogen-bond acceptors (Lipinski definition) is 4. The molecule has 2 amide bonds. The SMILES string of the molecule is CCOc1ccccc1N1CC(C(=O)N2CC(C)OCC2C)CC1=O. The van der Waals surface area contributed by atoms with Gasteiger partial charge in [0, 0.05) is 19.5 Å². The third kappa shape index (κ3) is 3.63. The van der Waals surface area contributed by atoms with Crippen molar-refractivity contribution in [2.45, 2.75) is 39.3 Å². The predicted octanol–water partition coefficient (Wildman–Crippen LogP) is 2.07. The van der Waals surface area contributed by atoms with E-state index in [0.717, 1.165) is 5.69 Å². The van der Waals surface area contributed by atoms with Crippen molar-refractivity contribution in [2.24, 2.45) is 5.92 Å². The van der Waals surface area contributed by atoms with E-state index in [0.29, 0.717) is 32.1 Å². The lowest BCUT2D eigenvalue weighted by atomic mass is 10.0. The van der Waals surface area contributed by atoms with Crippen LogP contribution in [0.2, 0.25) is 0 Å². The van der Waals surface area contributed by atoms with Gasteiger partial charge in [-0.05, 0) is 32.9 Å². The number of ether oxygens (including phenoxy) is 2. The number of rotatable bonds is 4. The second-order valence-corrected chi connectivity index (χ2v) is 6.79. The van der Waals surface area contributed by atoms with E-state index in [2.05, 4.69) is 0 Å². The van der Waals surface area contributed by atoms with Crippen LogP contribution in [0.15, 0.2) is 24.3 Å². The van der Waals surface area contributed by atoms with Crippen molar-refractivity contribution in [2.75, 3.05) is 31.2 Å². The first kappa shape index (κ1) is 17.7. The van der Waals surface area contributed by atoms with Crippen molar-refractivity contribution >= 4 is 17.5 Å². The predicted molar refractivity (Wildman–Crippen MR) is 94.7 cm³/mol. The minimum atomic E-state index is -0.310. The lowest BCUT2D eigenvalue weighted by molar-refractivity contribution is -0.147. The second kappa shape index (κ2) is 7.44. The zero-order chi connectivity index (χ0) is 18.0. The number of carbonyl (C=O) groups is 2. The lowest BCUT2D eigenvalue weighted by Crippen LogP contribution is -2.52. The number of hydrogen-bond donors (Lipinski definition) is 0. The average molecular weight is 346 g/mol. The van der Waals surface area contributed by atoms with Crippen molar-refractivity contribution < 1.29 is 19.1 Å². The molecule has 0 radical (unpaired) electrons. The van der Waals surface area contributed by atoms with Gasteiger partial charge in [0.15, 0.2) is 0 Å². The van der Waals surface area contributed by atoms with E-state index in [1.165, 1.54) is 0 Å². The molecule has 6 heteroatoms. The van der Waals surface area contributed by atoms with E-state index in [-0.39, 0.29) is 36.3 Å². The van der Waals surface area contributed by atoms with Gasteiger partial charge >= 0.3 is 0 Å². The van der Waals surface area contributed by atoms with Crippen LogP contribution in [0.1, 0.15) is 27.2 Å². The quantitative estimate of drug-likeness (QED) is 0.837. The molecule has 0 aromatic heterocycles. The number of morpholine rings is 1. The third-order valence-corrected chi connectivity index (χ3v) is 4.82. The van der Waals surface area contributed by atoms with Crippen LogP contribution in [-0.4, -0.2) is 55.2 Å². The summed E-state index contributed by atoms with van der Waals surface area (Å²) in [5.74, 6) is 0.390. The molecule has 6 nitrogen and oxygen atoms in total. The fraction of sp³-hybridized carbons (Fsp3) is 0.579. The van der Waals surface area contributed by atoms with Gasteiger partial charge in [-0.2, -0.15) is 0 Å². The van der Waals surface area contributed by atoms with Crippen LogP contribution in [0.3, 0.4) is 0 Å². The van der Waals surface area contributed by atoms with E-state index >= 15 is 0 Å². The van der Waals surface area contributed by atoms with Gasteiger partial charge < -0.3 is 19.3 Å². The highest BCUT2D eigenvalue weighted by Crippen LogP contribution is 2.34. The summed E-state index contributed by atoms with van der Waals surface area (Å²) in [6.45, 7) is 7.94. The Hall–Kier alpha value is -2.08. The van der Waals surface area contributed by atoms with Gasteiger partial charge in [-0.3, -0.25) is 9.59 Å². The fourth-order valence-corrected chi connectivity index (χ4v) is 3.51. The Morgan fingerprint density at radius 1 is 1.28 bits per heavy atom. The van der Waals surface area contributed by atoms with Crippen LogP contribution >= 0.6 is 0 Å². The normalized spacial score (nSPS) is 26.8. The zero-order valence-corrected chi connectivity index (χ0v) is 15.1. The Labute approximate surface area is 148 Å². The topological polar surface area (TPSA) is 59.1 Å². The molecule has 2 aliphatic heterocycles. The summed E-state index contributed by atoms with van der Waals surface area (Å²) in [5, 5.41) is 0. The van der Waals surface area contributed by atoms with Gasteiger partial charge in [0.05, 0.1) is 37.0 Å². The third-order valence-electron chi connectivity index (χ3n) is 4.82. The van der Waals surface area contributed by atoms with Gasteiger partial charge in [0.2, 0.25) is 11.8 Å². The molecule has 2 fully saturated rings. The Kier molecular flexibility index (Phi) is 5.27. The fourth-order valence-electron chi connectivity index (χ4n) is 3.51. The van der Waals surface area contributed by atoms with Crippen LogP contribution in [-0.2, 0) is 14.3 Å². The van der Waals surface area contributed by atoms with Gasteiger partial charge in [-0.1, -0.05) is 12.1 Å². The summed E-state index contributed by atoms with van der Waals surface area (Å²) in [6.07, 6.45) is 0.282. The van der Waals surface area contributed by atoms with E-state index in [9.17, 15) is 9.59 Å². The Bertz CT molecular complexity index is 648. The summed E-state index contributed by atoms with van der Waals surface area (Å²) >= 11 is 0. The number of anilines is 1. The van der Waals surface area contributed by atoms with E-state index in [1.807, 2.05) is 49.9 Å². The second-order valence-electron chi connectivity index (χ2n) is 6.79. The number of benzene rings is 1. The van der Waals surface area contributed by atoms with Crippen molar-refractivity contribution in [1.82, 2.24) is 4.90 Å². The minimum absolute atomic E-state index is 0.0283. The molecule has 0 bridgehead atoms. The first-order valence-electron chi connectivity index (χ1n) is 8.95. The maximum absolute atomic E-state index is 12.9. The van der Waals surface area contributed by atoms with E-state index in [1.54, 1.807) is 4.90 Å². The minimum Gasteiger partial charge on any atom is -0.492 e. The number of nitrogens with zero attached hydrogens (tertiary/aromatic N) is 2. The van der Waals surface area contributed by atoms with E-state index in [4.69, 9.17) is 9.47 Å². The van der Waals surface area contributed by atoms with Crippen LogP contribution in [0.25, 0.3) is 0 Å². The molecule has 1 aromatic carbocycles. The Morgan fingerprint density at radius 3 is 2.80 bits per heavy atom. The molecule has 0 spiro atoms. The summed E-state index contributed by atoms with van der Waals surface area (Å²) < 4.78 is 11.2. The number of carbonyl (C=O) groups excluding carboxylic acids is 2. The van der Waals surface area contributed by atoms with E-state index < -0.39 is 0 Å². The molecule has 1 aromatic rings. The molecule has 136 valence electrons. The maximum Gasteiger partial charge on any atom is 0.228 e. The summed E-state index contributed by atoms with van der Waals surface area (Å²) in [7, 11) is 0. The summed E-state index contributed by atoms with van der Waals surface area (Å²) in [5.41, 5.74) is 0.744. The smallest absolute Gasteiger partial charge is 0.228 e. The molecular formula is C19H26N2O4. The van der Waals surface area contributed by atoms with Crippen molar-refractivity contribution in [1.29, 1.82) is 0 Å². The molecule has 2 aliphatic rings. The lowest BCUT2D eigenvalue weighted by Gasteiger charge is -2.38. The molecule has 2 heterocycles. The summed E-state index contributed by atoms with van der Waals surface area (Å²) in [4.78, 5) is 29.0. The van der Waals surface area contributed by atoms with Crippen molar-refractivity contribution in [3.63, 3.8) is 0 Å². The zero-order valence-electron chi connectivity index (χ0n) is 15.1. The molecule has 0 N–H and O–H groups in total. The molecule has 0 saturated carbocycles. The number of amides is 2. The first-order chi connectivity index (χ1) is 12.0. The highest BCUT2D eigenvalue weighted by Gasteiger charge is 2.40. The maximum atomic E-state index is 12.9. The molecular weight excluding hydrogens is 320 g/mol. The van der Waals surface area contributed by atoms with Crippen molar-refractivity contribution in [3.8, 4) is 5.75 Å².